The maximum absolute atomic E-state index is 14.1. The van der Waals surface area contributed by atoms with Gasteiger partial charge >= 0.3 is 0 Å². The monoisotopic (exact) mass is 399 g/mol. The molecule has 4 atom stereocenters. The smallest absolute Gasteiger partial charge is 0.141 e. The van der Waals surface area contributed by atoms with Crippen molar-refractivity contribution in [2.24, 2.45) is 16.6 Å². The zero-order valence-electron chi connectivity index (χ0n) is 15.3. The van der Waals surface area contributed by atoms with Crippen LogP contribution in [0, 0.1) is 5.92 Å². The Labute approximate surface area is 166 Å². The Balaban J connectivity index is 1.37. The van der Waals surface area contributed by atoms with Crippen molar-refractivity contribution < 1.29 is 4.39 Å². The Kier molecular flexibility index (Phi) is 4.65. The molecule has 0 aromatic carbocycles. The van der Waals surface area contributed by atoms with Crippen molar-refractivity contribution in [1.82, 2.24) is 24.4 Å². The van der Waals surface area contributed by atoms with Crippen LogP contribution in [0.4, 0.5) is 4.39 Å². The zero-order chi connectivity index (χ0) is 19.1. The minimum absolute atomic E-state index is 0.0124. The Bertz CT molecular complexity index is 999. The summed E-state index contributed by atoms with van der Waals surface area (Å²) in [6.07, 6.45) is 8.32. The van der Waals surface area contributed by atoms with Crippen LogP contribution in [0.15, 0.2) is 42.0 Å². The normalized spacial score (nSPS) is 26.4. The third-order valence-electron chi connectivity index (χ3n) is 5.78. The summed E-state index contributed by atoms with van der Waals surface area (Å²) in [6.45, 7) is 1.32. The van der Waals surface area contributed by atoms with Crippen molar-refractivity contribution in [3.05, 3.63) is 37.1 Å². The third-order valence-corrected chi connectivity index (χ3v) is 6.58. The molecule has 146 valence electrons. The fraction of sp³-hybridized carbons (Fsp3) is 0.421. The van der Waals surface area contributed by atoms with E-state index in [9.17, 15) is 4.39 Å². The second-order valence-corrected chi connectivity index (χ2v) is 8.37. The van der Waals surface area contributed by atoms with Crippen molar-refractivity contribution in [3.8, 4) is 11.3 Å². The van der Waals surface area contributed by atoms with Crippen molar-refractivity contribution in [2.45, 2.75) is 24.0 Å². The van der Waals surface area contributed by atoms with Gasteiger partial charge < -0.3 is 15.3 Å². The second kappa shape index (κ2) is 7.31. The van der Waals surface area contributed by atoms with Gasteiger partial charge in [0, 0.05) is 42.6 Å². The van der Waals surface area contributed by atoms with E-state index in [0.29, 0.717) is 0 Å². The molecule has 0 saturated carbocycles. The van der Waals surface area contributed by atoms with Crippen molar-refractivity contribution in [3.63, 3.8) is 0 Å². The van der Waals surface area contributed by atoms with Crippen LogP contribution in [0.5, 0.6) is 0 Å². The summed E-state index contributed by atoms with van der Waals surface area (Å²) in [4.78, 5) is 18.5. The maximum atomic E-state index is 14.1. The predicted molar refractivity (Wildman–Crippen MR) is 110 cm³/mol. The molecule has 0 bridgehead atoms. The molecule has 0 radical (unpaired) electrons. The first kappa shape index (κ1) is 17.8. The van der Waals surface area contributed by atoms with Crippen LogP contribution in [-0.2, 0) is 0 Å². The first-order valence-corrected chi connectivity index (χ1v) is 10.4. The Morgan fingerprint density at radius 2 is 2.29 bits per heavy atom. The van der Waals surface area contributed by atoms with Gasteiger partial charge in [0.05, 0.1) is 22.7 Å². The molecular formula is C19H22FN7S. The fourth-order valence-electron chi connectivity index (χ4n) is 4.31. The highest BCUT2D eigenvalue weighted by molar-refractivity contribution is 8.12. The number of H-pyrrole nitrogens is 1. The van der Waals surface area contributed by atoms with Gasteiger partial charge in [-0.1, -0.05) is 11.8 Å². The zero-order valence-corrected chi connectivity index (χ0v) is 16.1. The van der Waals surface area contributed by atoms with Crippen LogP contribution >= 0.6 is 11.8 Å². The molecule has 0 aliphatic carbocycles. The van der Waals surface area contributed by atoms with E-state index in [1.165, 1.54) is 0 Å². The molecule has 7 nitrogen and oxygen atoms in total. The highest BCUT2D eigenvalue weighted by Gasteiger charge is 2.37. The quantitative estimate of drug-likeness (QED) is 0.689. The largest absolute Gasteiger partial charge is 0.348 e. The number of halogens is 1. The molecule has 9 heteroatoms. The number of likely N-dealkylation sites (tertiary alicyclic amines) is 1. The molecule has 4 unspecified atom stereocenters. The number of alkyl halides is 1. The Hall–Kier alpha value is -2.23. The fourth-order valence-corrected chi connectivity index (χ4v) is 5.02. The molecule has 28 heavy (non-hydrogen) atoms. The summed E-state index contributed by atoms with van der Waals surface area (Å²) in [6, 6.07) is 3.77. The average molecular weight is 399 g/mol. The van der Waals surface area contributed by atoms with Gasteiger partial charge in [-0.25, -0.2) is 14.4 Å². The summed E-state index contributed by atoms with van der Waals surface area (Å²) in [7, 11) is 0. The van der Waals surface area contributed by atoms with Crippen LogP contribution in [0.3, 0.4) is 0 Å². The van der Waals surface area contributed by atoms with E-state index in [2.05, 4.69) is 24.8 Å². The molecule has 5 heterocycles. The number of aromatic amines is 1. The van der Waals surface area contributed by atoms with Gasteiger partial charge in [0.15, 0.2) is 0 Å². The minimum Gasteiger partial charge on any atom is -0.348 e. The number of aromatic nitrogens is 4. The molecular weight excluding hydrogens is 377 g/mol. The van der Waals surface area contributed by atoms with Gasteiger partial charge in [-0.3, -0.25) is 9.89 Å². The lowest BCUT2D eigenvalue weighted by molar-refractivity contribution is 0.212. The lowest BCUT2D eigenvalue weighted by atomic mass is 10.00. The van der Waals surface area contributed by atoms with E-state index in [-0.39, 0.29) is 23.5 Å². The topological polar surface area (TPSA) is 88.1 Å². The number of nitrogens with two attached hydrogens (primary N) is 1. The van der Waals surface area contributed by atoms with E-state index in [4.69, 9.17) is 5.73 Å². The Morgan fingerprint density at radius 1 is 1.36 bits per heavy atom. The molecule has 3 aromatic rings. The molecule has 2 aliphatic heterocycles. The van der Waals surface area contributed by atoms with Gasteiger partial charge in [-0.2, -0.15) is 0 Å². The first-order valence-electron chi connectivity index (χ1n) is 9.43. The van der Waals surface area contributed by atoms with Gasteiger partial charge in [-0.15, -0.1) is 0 Å². The minimum atomic E-state index is -0.398. The second-order valence-electron chi connectivity index (χ2n) is 7.34. The highest BCUT2D eigenvalue weighted by atomic mass is 32.2. The SMILES string of the molecule is NC1SC=NC1N1CCC(C(CF)n2ccc(-c3ncnc4[nH]ccc34)c2)C1. The summed E-state index contributed by atoms with van der Waals surface area (Å²) in [5.74, 6) is 0.232. The van der Waals surface area contributed by atoms with E-state index in [1.807, 2.05) is 40.8 Å². The number of aliphatic imine (C=N–C) groups is 1. The van der Waals surface area contributed by atoms with Crippen LogP contribution in [0.25, 0.3) is 22.3 Å². The van der Waals surface area contributed by atoms with E-state index in [0.717, 1.165) is 41.8 Å². The molecule has 2 aliphatic rings. The summed E-state index contributed by atoms with van der Waals surface area (Å²) in [5, 5.41) is 0.942. The van der Waals surface area contributed by atoms with Crippen LogP contribution in [-0.4, -0.2) is 61.3 Å². The van der Waals surface area contributed by atoms with Crippen molar-refractivity contribution in [1.29, 1.82) is 0 Å². The number of thioether (sulfide) groups is 1. The summed E-state index contributed by atoms with van der Waals surface area (Å²) >= 11 is 1.56. The van der Waals surface area contributed by atoms with E-state index in [1.54, 1.807) is 18.1 Å². The molecule has 3 N–H and O–H groups in total. The first-order chi connectivity index (χ1) is 13.7. The van der Waals surface area contributed by atoms with Crippen LogP contribution in [0.1, 0.15) is 12.5 Å². The molecule has 1 saturated heterocycles. The van der Waals surface area contributed by atoms with E-state index < -0.39 is 6.67 Å². The molecule has 5 rings (SSSR count). The number of hydrogen-bond donors (Lipinski definition) is 2. The van der Waals surface area contributed by atoms with Gasteiger partial charge in [0.2, 0.25) is 0 Å². The average Bonchev–Trinajstić information content (AvgIpc) is 3.49. The maximum Gasteiger partial charge on any atom is 0.141 e. The standard InChI is InChI=1S/C19H22FN7S/c20-7-15(12-2-6-27(8-12)19-17(21)28-11-25-19)26-5-3-13(9-26)16-14-1-4-22-18(14)24-10-23-16/h1,3-5,9-12,15,17,19H,2,6-8,21H2,(H,22,23,24). The van der Waals surface area contributed by atoms with Crippen molar-refractivity contribution in [2.75, 3.05) is 19.8 Å². The molecule has 3 aromatic heterocycles. The highest BCUT2D eigenvalue weighted by Crippen LogP contribution is 2.34. The van der Waals surface area contributed by atoms with Gasteiger partial charge in [0.1, 0.15) is 24.8 Å². The van der Waals surface area contributed by atoms with Crippen LogP contribution in [0.2, 0.25) is 0 Å². The predicted octanol–water partition coefficient (Wildman–Crippen LogP) is 2.64. The summed E-state index contributed by atoms with van der Waals surface area (Å²) < 4.78 is 16.1. The molecule has 0 spiro atoms. The summed E-state index contributed by atoms with van der Waals surface area (Å²) in [5.41, 5.74) is 10.6. The molecule has 1 fully saturated rings. The van der Waals surface area contributed by atoms with Gasteiger partial charge in [-0.05, 0) is 24.5 Å². The van der Waals surface area contributed by atoms with Gasteiger partial charge in [0.25, 0.3) is 0 Å². The number of nitrogens with one attached hydrogen (secondary N) is 1. The number of rotatable bonds is 5. The third kappa shape index (κ3) is 3.03. The lowest BCUT2D eigenvalue weighted by Crippen LogP contribution is -2.42. The molecule has 0 amide bonds. The number of hydrogen-bond acceptors (Lipinski definition) is 6. The lowest BCUT2D eigenvalue weighted by Gasteiger charge is -2.26. The van der Waals surface area contributed by atoms with E-state index >= 15 is 0 Å². The van der Waals surface area contributed by atoms with Crippen LogP contribution < -0.4 is 5.73 Å². The van der Waals surface area contributed by atoms with Crippen molar-refractivity contribution >= 4 is 28.3 Å². The Morgan fingerprint density at radius 3 is 3.11 bits per heavy atom. The number of fused-ring (bicyclic) bond motifs is 1. The number of nitrogens with zero attached hydrogens (tertiary/aromatic N) is 5.